The third-order valence-electron chi connectivity index (χ3n) is 1.33. The SMILES string of the molecule is [B]c1ccc(S(C)(O)O)cc1. The summed E-state index contributed by atoms with van der Waals surface area (Å²) in [5.41, 5.74) is 0.623. The molecule has 0 unspecified atom stereocenters. The van der Waals surface area contributed by atoms with Crippen molar-refractivity contribution < 1.29 is 9.11 Å². The second-order valence-corrected chi connectivity index (χ2v) is 4.54. The van der Waals surface area contributed by atoms with Crippen LogP contribution >= 0.6 is 10.6 Å². The first-order valence-electron chi connectivity index (χ1n) is 3.09. The van der Waals surface area contributed by atoms with Crippen LogP contribution in [0.5, 0.6) is 0 Å². The molecule has 0 fully saturated rings. The molecule has 1 aromatic carbocycles. The van der Waals surface area contributed by atoms with Gasteiger partial charge in [-0.3, -0.25) is 9.11 Å². The van der Waals surface area contributed by atoms with Crippen LogP contribution in [-0.4, -0.2) is 23.2 Å². The Hall–Kier alpha value is -0.445. The van der Waals surface area contributed by atoms with Gasteiger partial charge in [-0.1, -0.05) is 17.6 Å². The average molecular weight is 168 g/mol. The van der Waals surface area contributed by atoms with Crippen LogP contribution in [0.25, 0.3) is 0 Å². The first-order valence-corrected chi connectivity index (χ1v) is 5.04. The minimum Gasteiger partial charge on any atom is -0.295 e. The van der Waals surface area contributed by atoms with Crippen molar-refractivity contribution in [1.29, 1.82) is 0 Å². The van der Waals surface area contributed by atoms with Gasteiger partial charge < -0.3 is 0 Å². The Bertz CT molecular complexity index is 240. The van der Waals surface area contributed by atoms with E-state index in [0.29, 0.717) is 10.4 Å². The molecular weight excluding hydrogens is 159 g/mol. The first kappa shape index (κ1) is 8.65. The van der Waals surface area contributed by atoms with Crippen LogP contribution < -0.4 is 5.46 Å². The summed E-state index contributed by atoms with van der Waals surface area (Å²) in [6, 6.07) is 6.52. The van der Waals surface area contributed by atoms with Crippen molar-refractivity contribution in [3.63, 3.8) is 0 Å². The number of hydrogen-bond acceptors (Lipinski definition) is 2. The Morgan fingerprint density at radius 3 is 2.00 bits per heavy atom. The standard InChI is InChI=1S/C7H9BO2S/c1-11(9,10)7-4-2-6(8)3-5-7/h2-5,9-10H,1H3. The fourth-order valence-electron chi connectivity index (χ4n) is 0.726. The van der Waals surface area contributed by atoms with Crippen LogP contribution in [0, 0.1) is 0 Å². The van der Waals surface area contributed by atoms with E-state index in [-0.39, 0.29) is 0 Å². The molecule has 58 valence electrons. The summed E-state index contributed by atoms with van der Waals surface area (Å²) in [5.74, 6) is 0. The lowest BCUT2D eigenvalue weighted by atomic mass is 9.97. The van der Waals surface area contributed by atoms with Crippen molar-refractivity contribution in [1.82, 2.24) is 0 Å². The highest BCUT2D eigenvalue weighted by molar-refractivity contribution is 8.23. The highest BCUT2D eigenvalue weighted by atomic mass is 32.3. The molecule has 0 saturated carbocycles. The number of rotatable bonds is 1. The molecule has 2 radical (unpaired) electrons. The van der Waals surface area contributed by atoms with Gasteiger partial charge in [-0.05, 0) is 12.1 Å². The maximum absolute atomic E-state index is 9.18. The predicted molar refractivity (Wildman–Crippen MR) is 48.9 cm³/mol. The normalized spacial score (nSPS) is 13.0. The monoisotopic (exact) mass is 168 g/mol. The van der Waals surface area contributed by atoms with Crippen LogP contribution in [-0.2, 0) is 0 Å². The smallest absolute Gasteiger partial charge is 0.113 e. The van der Waals surface area contributed by atoms with Gasteiger partial charge in [0.15, 0.2) is 0 Å². The fraction of sp³-hybridized carbons (Fsp3) is 0.143. The maximum Gasteiger partial charge on any atom is 0.113 e. The van der Waals surface area contributed by atoms with E-state index in [1.807, 2.05) is 0 Å². The second kappa shape index (κ2) is 2.89. The molecule has 0 aromatic heterocycles. The van der Waals surface area contributed by atoms with Gasteiger partial charge in [-0.15, -0.1) is 0 Å². The van der Waals surface area contributed by atoms with Gasteiger partial charge >= 0.3 is 0 Å². The summed E-state index contributed by atoms with van der Waals surface area (Å²) in [4.78, 5) is 0.520. The van der Waals surface area contributed by atoms with Gasteiger partial charge in [0.2, 0.25) is 0 Å². The Morgan fingerprint density at radius 1 is 1.18 bits per heavy atom. The Balaban J connectivity index is 2.99. The lowest BCUT2D eigenvalue weighted by Gasteiger charge is -2.26. The zero-order chi connectivity index (χ0) is 8.48. The number of benzene rings is 1. The summed E-state index contributed by atoms with van der Waals surface area (Å²) >= 11 is 0. The van der Waals surface area contributed by atoms with Crippen LogP contribution in [0.2, 0.25) is 0 Å². The van der Waals surface area contributed by atoms with E-state index in [1.165, 1.54) is 6.26 Å². The minimum atomic E-state index is -2.58. The molecule has 4 heteroatoms. The lowest BCUT2D eigenvalue weighted by Crippen LogP contribution is -2.02. The molecule has 1 aromatic rings. The molecule has 2 N–H and O–H groups in total. The van der Waals surface area contributed by atoms with Crippen molar-refractivity contribution >= 4 is 23.9 Å². The van der Waals surface area contributed by atoms with E-state index in [1.54, 1.807) is 24.3 Å². The molecule has 0 saturated heterocycles. The van der Waals surface area contributed by atoms with Crippen LogP contribution in [0.3, 0.4) is 0 Å². The molecule has 0 amide bonds. The molecule has 2 nitrogen and oxygen atoms in total. The van der Waals surface area contributed by atoms with Gasteiger partial charge in [-0.2, -0.15) is 10.6 Å². The Morgan fingerprint density at radius 2 is 1.64 bits per heavy atom. The number of hydrogen-bond donors (Lipinski definition) is 2. The van der Waals surface area contributed by atoms with Gasteiger partial charge in [0.1, 0.15) is 7.85 Å². The molecule has 0 spiro atoms. The summed E-state index contributed by atoms with van der Waals surface area (Å²) in [7, 11) is 2.84. The summed E-state index contributed by atoms with van der Waals surface area (Å²) in [6.45, 7) is 0. The van der Waals surface area contributed by atoms with Crippen molar-refractivity contribution in [3.8, 4) is 0 Å². The third-order valence-corrected chi connectivity index (χ3v) is 2.49. The van der Waals surface area contributed by atoms with Crippen molar-refractivity contribution in [2.75, 3.05) is 6.26 Å². The van der Waals surface area contributed by atoms with E-state index in [4.69, 9.17) is 7.85 Å². The highest BCUT2D eigenvalue weighted by Gasteiger charge is 2.05. The molecule has 0 heterocycles. The van der Waals surface area contributed by atoms with E-state index >= 15 is 0 Å². The summed E-state index contributed by atoms with van der Waals surface area (Å²) in [6.07, 6.45) is 1.39. The van der Waals surface area contributed by atoms with Gasteiger partial charge in [0.25, 0.3) is 0 Å². The Kier molecular flexibility index (Phi) is 2.27. The topological polar surface area (TPSA) is 40.5 Å². The van der Waals surface area contributed by atoms with Crippen molar-refractivity contribution in [2.24, 2.45) is 0 Å². The first-order chi connectivity index (χ1) is 5.00. The predicted octanol–water partition coefficient (Wildman–Crippen LogP) is 1.22. The van der Waals surface area contributed by atoms with Crippen molar-refractivity contribution in [2.45, 2.75) is 4.90 Å². The third kappa shape index (κ3) is 2.25. The lowest BCUT2D eigenvalue weighted by molar-refractivity contribution is 0.495. The summed E-state index contributed by atoms with van der Waals surface area (Å²) in [5, 5.41) is 0. The van der Waals surface area contributed by atoms with E-state index < -0.39 is 10.6 Å². The zero-order valence-corrected chi connectivity index (χ0v) is 7.01. The fourth-order valence-corrected chi connectivity index (χ4v) is 1.38. The van der Waals surface area contributed by atoms with E-state index in [9.17, 15) is 9.11 Å². The second-order valence-electron chi connectivity index (χ2n) is 2.40. The van der Waals surface area contributed by atoms with Gasteiger partial charge in [-0.25, -0.2) is 0 Å². The Labute approximate surface area is 69.0 Å². The van der Waals surface area contributed by atoms with Gasteiger partial charge in [0, 0.05) is 6.26 Å². The van der Waals surface area contributed by atoms with E-state index in [2.05, 4.69) is 0 Å². The maximum atomic E-state index is 9.18. The van der Waals surface area contributed by atoms with Crippen LogP contribution in [0.15, 0.2) is 29.2 Å². The highest BCUT2D eigenvalue weighted by Crippen LogP contribution is 2.43. The molecule has 11 heavy (non-hydrogen) atoms. The molecule has 0 bridgehead atoms. The van der Waals surface area contributed by atoms with E-state index in [0.717, 1.165) is 0 Å². The molecule has 1 rings (SSSR count). The largest absolute Gasteiger partial charge is 0.295 e. The van der Waals surface area contributed by atoms with Gasteiger partial charge in [0.05, 0.1) is 4.90 Å². The molecule has 0 aliphatic carbocycles. The van der Waals surface area contributed by atoms with Crippen molar-refractivity contribution in [3.05, 3.63) is 24.3 Å². The minimum absolute atomic E-state index is 0.520. The van der Waals surface area contributed by atoms with Crippen LogP contribution in [0.4, 0.5) is 0 Å². The molecular formula is C7H9BO2S. The summed E-state index contributed by atoms with van der Waals surface area (Å²) < 4.78 is 18.4. The molecule has 0 aliphatic rings. The zero-order valence-electron chi connectivity index (χ0n) is 6.19. The quantitative estimate of drug-likeness (QED) is 0.619. The average Bonchev–Trinajstić information content (AvgIpc) is 1.86. The van der Waals surface area contributed by atoms with Crippen LogP contribution in [0.1, 0.15) is 0 Å². The molecule has 0 atom stereocenters. The molecule has 0 aliphatic heterocycles.